The van der Waals surface area contributed by atoms with E-state index >= 15 is 0 Å². The Morgan fingerprint density at radius 1 is 1.10 bits per heavy atom. The van der Waals surface area contributed by atoms with Crippen LogP contribution in [0.2, 0.25) is 5.15 Å². The number of benzene rings is 1. The molecule has 3 rings (SSSR count). The molecule has 1 aromatic carbocycles. The van der Waals surface area contributed by atoms with E-state index < -0.39 is 11.7 Å². The minimum absolute atomic E-state index is 0.284. The van der Waals surface area contributed by atoms with Crippen LogP contribution in [0.5, 0.6) is 0 Å². The van der Waals surface area contributed by atoms with Gasteiger partial charge in [0.25, 0.3) is 0 Å². The first-order valence-electron chi connectivity index (χ1n) is 5.92. The second-order valence-electron chi connectivity index (χ2n) is 4.42. The van der Waals surface area contributed by atoms with Crippen LogP contribution in [-0.2, 0) is 6.18 Å². The molecule has 0 bridgehead atoms. The van der Waals surface area contributed by atoms with Crippen molar-refractivity contribution in [3.05, 3.63) is 46.9 Å². The van der Waals surface area contributed by atoms with Gasteiger partial charge in [0.05, 0.1) is 5.56 Å². The van der Waals surface area contributed by atoms with Gasteiger partial charge in [0.2, 0.25) is 0 Å². The third-order valence-electron chi connectivity index (χ3n) is 3.00. The molecule has 8 heteroatoms. The molecule has 108 valence electrons. The van der Waals surface area contributed by atoms with Gasteiger partial charge in [-0.3, -0.25) is 4.40 Å². The van der Waals surface area contributed by atoms with E-state index in [2.05, 4.69) is 15.2 Å². The molecule has 4 nitrogen and oxygen atoms in total. The summed E-state index contributed by atoms with van der Waals surface area (Å²) in [6, 6.07) is 6.26. The van der Waals surface area contributed by atoms with E-state index in [1.54, 1.807) is 11.3 Å². The lowest BCUT2D eigenvalue weighted by Gasteiger charge is -2.07. The van der Waals surface area contributed by atoms with Crippen LogP contribution in [0, 0.1) is 6.92 Å². The van der Waals surface area contributed by atoms with E-state index in [1.165, 1.54) is 18.2 Å². The summed E-state index contributed by atoms with van der Waals surface area (Å²) in [6.07, 6.45) is -4.36. The average Bonchev–Trinajstić information content (AvgIpc) is 2.81. The van der Waals surface area contributed by atoms with Gasteiger partial charge < -0.3 is 0 Å². The van der Waals surface area contributed by atoms with Crippen LogP contribution in [0.3, 0.4) is 0 Å². The lowest BCUT2D eigenvalue weighted by Crippen LogP contribution is -2.04. The van der Waals surface area contributed by atoms with Crippen LogP contribution < -0.4 is 0 Å². The summed E-state index contributed by atoms with van der Waals surface area (Å²) >= 11 is 5.83. The molecule has 2 heterocycles. The molecule has 0 aliphatic carbocycles. The molecule has 0 aliphatic heterocycles. The second-order valence-corrected chi connectivity index (χ2v) is 4.81. The minimum Gasteiger partial charge on any atom is -0.263 e. The molecule has 0 saturated carbocycles. The predicted molar refractivity (Wildman–Crippen MR) is 71.0 cm³/mol. The molecule has 0 saturated heterocycles. The topological polar surface area (TPSA) is 43.1 Å². The Labute approximate surface area is 122 Å². The first-order valence-corrected chi connectivity index (χ1v) is 6.30. The Kier molecular flexibility index (Phi) is 3.09. The van der Waals surface area contributed by atoms with Crippen molar-refractivity contribution in [1.82, 2.24) is 19.6 Å². The van der Waals surface area contributed by atoms with Crippen LogP contribution >= 0.6 is 11.6 Å². The number of hydrogen-bond donors (Lipinski definition) is 0. The number of alkyl halides is 3. The Morgan fingerprint density at radius 3 is 2.38 bits per heavy atom. The molecule has 3 aromatic rings. The normalized spacial score (nSPS) is 12.0. The number of halogens is 4. The average molecular weight is 313 g/mol. The van der Waals surface area contributed by atoms with Crippen LogP contribution in [-0.4, -0.2) is 19.6 Å². The maximum Gasteiger partial charge on any atom is 0.416 e. The quantitative estimate of drug-likeness (QED) is 0.642. The van der Waals surface area contributed by atoms with Gasteiger partial charge in [-0.15, -0.1) is 10.2 Å². The summed E-state index contributed by atoms with van der Waals surface area (Å²) < 4.78 is 39.3. The fourth-order valence-corrected chi connectivity index (χ4v) is 2.27. The van der Waals surface area contributed by atoms with Gasteiger partial charge in [-0.05, 0) is 19.1 Å². The Hall–Kier alpha value is -2.15. The van der Waals surface area contributed by atoms with Gasteiger partial charge in [-0.1, -0.05) is 23.7 Å². The monoisotopic (exact) mass is 312 g/mol. The summed E-state index contributed by atoms with van der Waals surface area (Å²) in [5.74, 6) is 0.970. The van der Waals surface area contributed by atoms with Crippen LogP contribution in [0.15, 0.2) is 30.3 Å². The molecule has 0 N–H and O–H groups in total. The zero-order valence-electron chi connectivity index (χ0n) is 10.7. The molecule has 0 atom stereocenters. The number of rotatable bonds is 1. The molecule has 0 unspecified atom stereocenters. The fourth-order valence-electron chi connectivity index (χ4n) is 2.05. The van der Waals surface area contributed by atoms with Crippen molar-refractivity contribution in [2.75, 3.05) is 0 Å². The molecule has 2 aromatic heterocycles. The molecular weight excluding hydrogens is 305 g/mol. The fraction of sp³-hybridized carbons (Fsp3) is 0.154. The molecule has 0 amide bonds. The second kappa shape index (κ2) is 4.70. The van der Waals surface area contributed by atoms with Gasteiger partial charge in [-0.25, -0.2) is 4.98 Å². The standard InChI is InChI=1S/C13H8ClF3N4/c1-7-18-10(14)6-11-19-20-12(21(7)11)8-2-4-9(5-3-8)13(15,16)17/h2-6H,1H3. The lowest BCUT2D eigenvalue weighted by molar-refractivity contribution is -0.137. The summed E-state index contributed by atoms with van der Waals surface area (Å²) in [5.41, 5.74) is 0.295. The molecule has 0 spiro atoms. The van der Waals surface area contributed by atoms with E-state index in [0.29, 0.717) is 22.9 Å². The highest BCUT2D eigenvalue weighted by molar-refractivity contribution is 6.29. The summed E-state index contributed by atoms with van der Waals surface area (Å²) in [6.45, 7) is 1.72. The summed E-state index contributed by atoms with van der Waals surface area (Å²) in [4.78, 5) is 4.09. The predicted octanol–water partition coefficient (Wildman–Crippen LogP) is 3.77. The minimum atomic E-state index is -4.36. The van der Waals surface area contributed by atoms with Crippen LogP contribution in [0.4, 0.5) is 13.2 Å². The van der Waals surface area contributed by atoms with Crippen molar-refractivity contribution in [3.8, 4) is 11.4 Å². The molecule has 0 radical (unpaired) electrons. The Morgan fingerprint density at radius 2 is 1.76 bits per heavy atom. The number of hydrogen-bond acceptors (Lipinski definition) is 3. The maximum atomic E-state index is 12.6. The molecule has 0 aliphatic rings. The van der Waals surface area contributed by atoms with E-state index in [-0.39, 0.29) is 5.15 Å². The lowest BCUT2D eigenvalue weighted by atomic mass is 10.1. The van der Waals surface area contributed by atoms with Gasteiger partial charge in [-0.2, -0.15) is 13.2 Å². The highest BCUT2D eigenvalue weighted by Crippen LogP contribution is 2.30. The van der Waals surface area contributed by atoms with Crippen LogP contribution in [0.25, 0.3) is 17.0 Å². The van der Waals surface area contributed by atoms with E-state index in [0.717, 1.165) is 12.1 Å². The number of aromatic nitrogens is 4. The first-order chi connectivity index (χ1) is 9.86. The van der Waals surface area contributed by atoms with E-state index in [4.69, 9.17) is 11.6 Å². The van der Waals surface area contributed by atoms with Crippen molar-refractivity contribution in [1.29, 1.82) is 0 Å². The van der Waals surface area contributed by atoms with Crippen molar-refractivity contribution >= 4 is 17.2 Å². The number of aryl methyl sites for hydroxylation is 1. The van der Waals surface area contributed by atoms with Gasteiger partial charge in [0.15, 0.2) is 11.5 Å². The molecule has 21 heavy (non-hydrogen) atoms. The third-order valence-corrected chi connectivity index (χ3v) is 3.19. The zero-order valence-corrected chi connectivity index (χ0v) is 11.4. The largest absolute Gasteiger partial charge is 0.416 e. The summed E-state index contributed by atoms with van der Waals surface area (Å²) in [7, 11) is 0. The van der Waals surface area contributed by atoms with Crippen molar-refractivity contribution < 1.29 is 13.2 Å². The van der Waals surface area contributed by atoms with Gasteiger partial charge >= 0.3 is 6.18 Å². The van der Waals surface area contributed by atoms with E-state index in [1.807, 2.05) is 0 Å². The third kappa shape index (κ3) is 2.44. The Bertz CT molecular complexity index is 809. The molecule has 0 fully saturated rings. The smallest absolute Gasteiger partial charge is 0.263 e. The number of fused-ring (bicyclic) bond motifs is 1. The van der Waals surface area contributed by atoms with Crippen molar-refractivity contribution in [2.45, 2.75) is 13.1 Å². The van der Waals surface area contributed by atoms with Crippen LogP contribution in [0.1, 0.15) is 11.4 Å². The Balaban J connectivity index is 2.13. The zero-order chi connectivity index (χ0) is 15.2. The van der Waals surface area contributed by atoms with Crippen molar-refractivity contribution in [2.24, 2.45) is 0 Å². The highest BCUT2D eigenvalue weighted by atomic mass is 35.5. The van der Waals surface area contributed by atoms with Gasteiger partial charge in [0.1, 0.15) is 11.0 Å². The summed E-state index contributed by atoms with van der Waals surface area (Å²) in [5, 5.41) is 8.23. The van der Waals surface area contributed by atoms with Gasteiger partial charge in [0, 0.05) is 11.6 Å². The number of nitrogens with zero attached hydrogens (tertiary/aromatic N) is 4. The first kappa shape index (κ1) is 13.8. The highest BCUT2D eigenvalue weighted by Gasteiger charge is 2.30. The van der Waals surface area contributed by atoms with Crippen molar-refractivity contribution in [3.63, 3.8) is 0 Å². The maximum absolute atomic E-state index is 12.6. The SMILES string of the molecule is Cc1nc(Cl)cc2nnc(-c3ccc(C(F)(F)F)cc3)n12. The van der Waals surface area contributed by atoms with E-state index in [9.17, 15) is 13.2 Å². The molecular formula is C13H8ClF3N4.